The molecule has 12 heteroatoms. The number of piperazine rings is 1. The summed E-state index contributed by atoms with van der Waals surface area (Å²) in [7, 11) is 0. The van der Waals surface area contributed by atoms with Crippen molar-refractivity contribution < 1.29 is 27.6 Å². The first-order valence-electron chi connectivity index (χ1n) is 13.7. The molecule has 0 N–H and O–H groups in total. The molecular formula is C29H30F3N5O3S. The quantitative estimate of drug-likeness (QED) is 0.407. The van der Waals surface area contributed by atoms with Gasteiger partial charge in [0.05, 0.1) is 28.6 Å². The molecule has 216 valence electrons. The maximum Gasteiger partial charge on any atom is 0.433 e. The fourth-order valence-corrected chi connectivity index (χ4v) is 7.40. The molecule has 1 aliphatic carbocycles. The van der Waals surface area contributed by atoms with E-state index in [1.54, 1.807) is 11.0 Å². The molecule has 3 amide bonds. The monoisotopic (exact) mass is 585 g/mol. The number of aryl methyl sites for hydroxylation is 1. The summed E-state index contributed by atoms with van der Waals surface area (Å²) < 4.78 is 42.2. The molecular weight excluding hydrogens is 555 g/mol. The number of hydrogen-bond donors (Lipinski definition) is 0. The summed E-state index contributed by atoms with van der Waals surface area (Å²) in [5.41, 5.74) is -1.08. The summed E-state index contributed by atoms with van der Waals surface area (Å²) in [5.74, 6) is -1.35. The van der Waals surface area contributed by atoms with Crippen LogP contribution in [0.4, 0.5) is 13.2 Å². The Hall–Kier alpha value is -3.38. The number of nitrogens with zero attached hydrogens (tertiary/aromatic N) is 5. The first-order chi connectivity index (χ1) is 19.3. The number of pyridine rings is 2. The number of fused-ring (bicyclic) bond motifs is 2. The number of alkyl halides is 3. The maximum absolute atomic E-state index is 13.9. The third kappa shape index (κ3) is 4.51. The van der Waals surface area contributed by atoms with Crippen LogP contribution in [0, 0.1) is 24.2 Å². The molecule has 0 spiro atoms. The fraction of sp³-hybridized carbons (Fsp3) is 0.483. The number of hydrogen-bond acceptors (Lipinski definition) is 7. The third-order valence-electron chi connectivity index (χ3n) is 8.74. The molecule has 2 saturated heterocycles. The van der Waals surface area contributed by atoms with Crippen LogP contribution < -0.4 is 0 Å². The van der Waals surface area contributed by atoms with Gasteiger partial charge in [0.1, 0.15) is 17.1 Å². The predicted molar refractivity (Wildman–Crippen MR) is 147 cm³/mol. The Balaban J connectivity index is 1.40. The van der Waals surface area contributed by atoms with Gasteiger partial charge in [-0.15, -0.1) is 11.3 Å². The number of imide groups is 1. The first-order valence-corrected chi connectivity index (χ1v) is 14.5. The minimum atomic E-state index is -4.71. The SMILES string of the molecule is CCN1CCN(C(=O)c2c(C)cc(C(F)(F)F)nc2-c2nccc3cc(CN4C(=O)C5C(C4=O)C5(C)C)sc23)CC1. The highest BCUT2D eigenvalue weighted by atomic mass is 32.1. The van der Waals surface area contributed by atoms with Crippen molar-refractivity contribution >= 4 is 39.1 Å². The van der Waals surface area contributed by atoms with Crippen molar-refractivity contribution in [2.75, 3.05) is 32.7 Å². The average Bonchev–Trinajstić information content (AvgIpc) is 3.17. The maximum atomic E-state index is 13.9. The molecule has 3 aromatic rings. The van der Waals surface area contributed by atoms with Gasteiger partial charge in [-0.2, -0.15) is 13.2 Å². The number of carbonyl (C=O) groups excluding carboxylic acids is 3. The van der Waals surface area contributed by atoms with Gasteiger partial charge >= 0.3 is 6.18 Å². The van der Waals surface area contributed by atoms with Gasteiger partial charge in [-0.25, -0.2) is 4.98 Å². The molecule has 0 aromatic carbocycles. The lowest BCUT2D eigenvalue weighted by Crippen LogP contribution is -2.48. The van der Waals surface area contributed by atoms with E-state index in [1.807, 2.05) is 26.8 Å². The Morgan fingerprint density at radius 1 is 1.07 bits per heavy atom. The number of carbonyl (C=O) groups is 3. The van der Waals surface area contributed by atoms with E-state index in [-0.39, 0.29) is 64.0 Å². The van der Waals surface area contributed by atoms with Crippen LogP contribution >= 0.6 is 11.3 Å². The molecule has 2 aliphatic heterocycles. The number of halogens is 3. The van der Waals surface area contributed by atoms with Crippen LogP contribution in [0.25, 0.3) is 21.5 Å². The Morgan fingerprint density at radius 2 is 1.73 bits per heavy atom. The molecule has 2 unspecified atom stereocenters. The van der Waals surface area contributed by atoms with E-state index in [2.05, 4.69) is 14.9 Å². The molecule has 5 heterocycles. The lowest BCUT2D eigenvalue weighted by molar-refractivity contribution is -0.144. The summed E-state index contributed by atoms with van der Waals surface area (Å²) >= 11 is 1.24. The smallest absolute Gasteiger partial charge is 0.336 e. The third-order valence-corrected chi connectivity index (χ3v) is 9.88. The number of likely N-dealkylation sites (N-methyl/N-ethyl adjacent to an activating group) is 1. The van der Waals surface area contributed by atoms with E-state index in [9.17, 15) is 27.6 Å². The average molecular weight is 586 g/mol. The van der Waals surface area contributed by atoms with Crippen molar-refractivity contribution in [3.8, 4) is 11.4 Å². The molecule has 8 nitrogen and oxygen atoms in total. The van der Waals surface area contributed by atoms with Crippen LogP contribution in [0.5, 0.6) is 0 Å². The van der Waals surface area contributed by atoms with Gasteiger partial charge in [0.25, 0.3) is 5.91 Å². The zero-order chi connectivity index (χ0) is 29.4. The van der Waals surface area contributed by atoms with Crippen molar-refractivity contribution in [1.29, 1.82) is 0 Å². The Bertz CT molecular complexity index is 1570. The minimum absolute atomic E-state index is 0.0854. The highest BCUT2D eigenvalue weighted by Crippen LogP contribution is 2.63. The number of aromatic nitrogens is 2. The van der Waals surface area contributed by atoms with Gasteiger partial charge < -0.3 is 9.80 Å². The van der Waals surface area contributed by atoms with Crippen LogP contribution in [0.3, 0.4) is 0 Å². The number of likely N-dealkylation sites (tertiary alicyclic amines) is 1. The molecule has 6 rings (SSSR count). The topological polar surface area (TPSA) is 86.7 Å². The standard InChI is InChI=1S/C29H30F3N5O3S/c1-5-35-8-10-36(11-9-35)25(38)19-15(2)12-18(29(30,31)32)34-22(19)23-24-16(6-7-33-23)13-17(41-24)14-37-26(39)20-21(27(37)40)28(20,3)4/h6-7,12-13,20-21H,5,8-11,14H2,1-4H3. The summed E-state index contributed by atoms with van der Waals surface area (Å²) in [6.45, 7) is 10.6. The summed E-state index contributed by atoms with van der Waals surface area (Å²) in [6, 6.07) is 4.45. The van der Waals surface area contributed by atoms with Crippen molar-refractivity contribution in [3.05, 3.63) is 46.1 Å². The highest BCUT2D eigenvalue weighted by Gasteiger charge is 2.72. The van der Waals surface area contributed by atoms with Crippen LogP contribution in [0.1, 0.15) is 47.3 Å². The zero-order valence-electron chi connectivity index (χ0n) is 23.2. The molecule has 0 radical (unpaired) electrons. The van der Waals surface area contributed by atoms with E-state index in [0.29, 0.717) is 41.1 Å². The largest absolute Gasteiger partial charge is 0.433 e. The van der Waals surface area contributed by atoms with Gasteiger partial charge in [-0.05, 0) is 48.0 Å². The second-order valence-corrected chi connectivity index (χ2v) is 12.7. The van der Waals surface area contributed by atoms with Gasteiger partial charge in [0.15, 0.2) is 0 Å². The Morgan fingerprint density at radius 3 is 2.34 bits per heavy atom. The lowest BCUT2D eigenvalue weighted by atomic mass is 10.0. The van der Waals surface area contributed by atoms with E-state index >= 15 is 0 Å². The predicted octanol–water partition coefficient (Wildman–Crippen LogP) is 4.60. The zero-order valence-corrected chi connectivity index (χ0v) is 24.0. The number of piperidine rings is 1. The molecule has 0 bridgehead atoms. The second-order valence-electron chi connectivity index (χ2n) is 11.6. The van der Waals surface area contributed by atoms with Gasteiger partial charge in [-0.1, -0.05) is 20.8 Å². The van der Waals surface area contributed by atoms with Crippen LogP contribution in [-0.4, -0.2) is 75.1 Å². The van der Waals surface area contributed by atoms with Gasteiger partial charge in [-0.3, -0.25) is 24.3 Å². The van der Waals surface area contributed by atoms with Crippen molar-refractivity contribution in [1.82, 2.24) is 24.7 Å². The van der Waals surface area contributed by atoms with E-state index in [1.165, 1.54) is 29.4 Å². The summed E-state index contributed by atoms with van der Waals surface area (Å²) in [6.07, 6.45) is -3.24. The number of amides is 3. The lowest BCUT2D eigenvalue weighted by Gasteiger charge is -2.34. The van der Waals surface area contributed by atoms with Gasteiger partial charge in [0, 0.05) is 37.3 Å². The normalized spacial score (nSPS) is 22.5. The van der Waals surface area contributed by atoms with Crippen molar-refractivity contribution in [2.24, 2.45) is 17.3 Å². The molecule has 3 fully saturated rings. The number of rotatable bonds is 5. The van der Waals surface area contributed by atoms with E-state index < -0.39 is 11.9 Å². The Labute approximate surface area is 239 Å². The first kappa shape index (κ1) is 27.8. The molecule has 1 saturated carbocycles. The number of thiophene rings is 1. The van der Waals surface area contributed by atoms with Crippen molar-refractivity contribution in [2.45, 2.75) is 40.4 Å². The highest BCUT2D eigenvalue weighted by molar-refractivity contribution is 7.19. The summed E-state index contributed by atoms with van der Waals surface area (Å²) in [4.78, 5) is 53.8. The molecule has 3 aliphatic rings. The minimum Gasteiger partial charge on any atom is -0.336 e. The molecule has 2 atom stereocenters. The second kappa shape index (κ2) is 9.59. The van der Waals surface area contributed by atoms with Crippen LogP contribution in [0.2, 0.25) is 0 Å². The van der Waals surface area contributed by atoms with Gasteiger partial charge in [0.2, 0.25) is 11.8 Å². The Kier molecular flexibility index (Phi) is 6.49. The van der Waals surface area contributed by atoms with Crippen molar-refractivity contribution in [3.63, 3.8) is 0 Å². The molecule has 3 aromatic heterocycles. The summed E-state index contributed by atoms with van der Waals surface area (Å²) in [5, 5.41) is 0.686. The van der Waals surface area contributed by atoms with E-state index in [4.69, 9.17) is 0 Å². The molecule has 41 heavy (non-hydrogen) atoms. The van der Waals surface area contributed by atoms with Crippen LogP contribution in [-0.2, 0) is 22.3 Å². The van der Waals surface area contributed by atoms with E-state index in [0.717, 1.165) is 12.6 Å². The fourth-order valence-electron chi connectivity index (χ4n) is 6.26. The van der Waals surface area contributed by atoms with Crippen LogP contribution in [0.15, 0.2) is 24.4 Å².